The van der Waals surface area contributed by atoms with Crippen molar-refractivity contribution in [3.63, 3.8) is 0 Å². The Balaban J connectivity index is 1.63. The number of rotatable bonds is 5. The van der Waals surface area contributed by atoms with Crippen molar-refractivity contribution in [3.05, 3.63) is 5.01 Å². The summed E-state index contributed by atoms with van der Waals surface area (Å²) >= 11 is 1.43. The lowest BCUT2D eigenvalue weighted by atomic mass is 10.1. The number of hydrogen-bond donors (Lipinski definition) is 2. The Bertz CT molecular complexity index is 431. The molecule has 0 bridgehead atoms. The molecule has 0 spiro atoms. The number of anilines is 1. The summed E-state index contributed by atoms with van der Waals surface area (Å²) in [5.74, 6) is 0. The van der Waals surface area contributed by atoms with E-state index in [-0.39, 0.29) is 6.09 Å². The second-order valence-corrected chi connectivity index (χ2v) is 5.79. The zero-order valence-corrected chi connectivity index (χ0v) is 12.5. The molecule has 0 atom stereocenters. The molecule has 2 heterocycles. The number of aromatic nitrogens is 2. The van der Waals surface area contributed by atoms with Crippen LogP contribution < -0.4 is 11.1 Å². The summed E-state index contributed by atoms with van der Waals surface area (Å²) in [7, 11) is 0. The molecule has 1 aliphatic heterocycles. The highest BCUT2D eigenvalue weighted by Crippen LogP contribution is 2.13. The van der Waals surface area contributed by atoms with Crippen LogP contribution in [0, 0.1) is 0 Å². The minimum atomic E-state index is -0.199. The molecule has 0 aliphatic carbocycles. The van der Waals surface area contributed by atoms with E-state index in [1.807, 2.05) is 6.92 Å². The number of likely N-dealkylation sites (tertiary alicyclic amines) is 1. The van der Waals surface area contributed by atoms with Gasteiger partial charge in [0.2, 0.25) is 5.13 Å². The predicted molar refractivity (Wildman–Crippen MR) is 77.6 cm³/mol. The minimum absolute atomic E-state index is 0.199. The first-order valence-corrected chi connectivity index (χ1v) is 7.73. The smallest absolute Gasteiger partial charge is 0.409 e. The number of ether oxygens (including phenoxy) is 1. The maximum absolute atomic E-state index is 11.6. The molecule has 20 heavy (non-hydrogen) atoms. The molecule has 0 radical (unpaired) electrons. The van der Waals surface area contributed by atoms with E-state index in [9.17, 15) is 4.79 Å². The highest BCUT2D eigenvalue weighted by molar-refractivity contribution is 7.15. The number of nitrogens with one attached hydrogen (secondary N) is 1. The van der Waals surface area contributed by atoms with Crippen LogP contribution in [0.15, 0.2) is 0 Å². The van der Waals surface area contributed by atoms with Gasteiger partial charge in [0.25, 0.3) is 0 Å². The quantitative estimate of drug-likeness (QED) is 0.838. The first-order chi connectivity index (χ1) is 9.69. The highest BCUT2D eigenvalue weighted by Gasteiger charge is 2.22. The highest BCUT2D eigenvalue weighted by atomic mass is 32.1. The van der Waals surface area contributed by atoms with Gasteiger partial charge in [-0.05, 0) is 19.8 Å². The molecular formula is C12H21N5O2S. The molecular weight excluding hydrogens is 278 g/mol. The average Bonchev–Trinajstić information content (AvgIpc) is 2.85. The zero-order valence-electron chi connectivity index (χ0n) is 11.7. The van der Waals surface area contributed by atoms with Crippen LogP contribution in [0.3, 0.4) is 0 Å². The van der Waals surface area contributed by atoms with Gasteiger partial charge in [-0.3, -0.25) is 0 Å². The van der Waals surface area contributed by atoms with Crippen molar-refractivity contribution in [2.45, 2.75) is 32.2 Å². The Morgan fingerprint density at radius 3 is 2.85 bits per heavy atom. The van der Waals surface area contributed by atoms with E-state index in [1.165, 1.54) is 11.3 Å². The van der Waals surface area contributed by atoms with Crippen molar-refractivity contribution >= 4 is 22.6 Å². The normalized spacial score (nSPS) is 16.4. The first-order valence-electron chi connectivity index (χ1n) is 6.92. The van der Waals surface area contributed by atoms with Crippen LogP contribution in [0.2, 0.25) is 0 Å². The average molecular weight is 299 g/mol. The van der Waals surface area contributed by atoms with E-state index >= 15 is 0 Å². The molecule has 0 unspecified atom stereocenters. The maximum Gasteiger partial charge on any atom is 0.409 e. The second kappa shape index (κ2) is 7.39. The number of hydrogen-bond acceptors (Lipinski definition) is 7. The molecule has 1 amide bonds. The number of carbonyl (C=O) groups is 1. The second-order valence-electron chi connectivity index (χ2n) is 4.70. The fraction of sp³-hybridized carbons (Fsp3) is 0.750. The summed E-state index contributed by atoms with van der Waals surface area (Å²) in [6, 6.07) is 0.450. The lowest BCUT2D eigenvalue weighted by molar-refractivity contribution is 0.0952. The molecule has 8 heteroatoms. The van der Waals surface area contributed by atoms with E-state index in [0.29, 0.717) is 17.8 Å². The van der Waals surface area contributed by atoms with Gasteiger partial charge < -0.3 is 20.7 Å². The molecule has 1 saturated heterocycles. The third-order valence-corrected chi connectivity index (χ3v) is 4.09. The van der Waals surface area contributed by atoms with Crippen LogP contribution in [0.25, 0.3) is 0 Å². The number of amides is 1. The summed E-state index contributed by atoms with van der Waals surface area (Å²) in [5.41, 5.74) is 5.54. The van der Waals surface area contributed by atoms with E-state index in [2.05, 4.69) is 15.5 Å². The zero-order chi connectivity index (χ0) is 14.4. The maximum atomic E-state index is 11.6. The SMILES string of the molecule is CCOC(=O)N1CCC(NCCc2nnc(N)s2)CC1. The van der Waals surface area contributed by atoms with Gasteiger partial charge in [0.1, 0.15) is 5.01 Å². The van der Waals surface area contributed by atoms with Crippen molar-refractivity contribution in [2.75, 3.05) is 32.0 Å². The fourth-order valence-electron chi connectivity index (χ4n) is 2.23. The number of nitrogens with zero attached hydrogens (tertiary/aromatic N) is 3. The Labute approximate surface area is 122 Å². The van der Waals surface area contributed by atoms with Crippen LogP contribution in [0.4, 0.5) is 9.93 Å². The van der Waals surface area contributed by atoms with Crippen molar-refractivity contribution in [2.24, 2.45) is 0 Å². The monoisotopic (exact) mass is 299 g/mol. The number of nitrogen functional groups attached to an aromatic ring is 1. The van der Waals surface area contributed by atoms with Gasteiger partial charge in [-0.25, -0.2) is 4.79 Å². The van der Waals surface area contributed by atoms with Crippen LogP contribution >= 0.6 is 11.3 Å². The van der Waals surface area contributed by atoms with Crippen LogP contribution in [-0.2, 0) is 11.2 Å². The Morgan fingerprint density at radius 1 is 1.50 bits per heavy atom. The van der Waals surface area contributed by atoms with Gasteiger partial charge in [0.05, 0.1) is 6.61 Å². The first kappa shape index (κ1) is 15.0. The van der Waals surface area contributed by atoms with E-state index in [4.69, 9.17) is 10.5 Å². The van der Waals surface area contributed by atoms with Gasteiger partial charge in [-0.2, -0.15) is 0 Å². The number of carbonyl (C=O) groups excluding carboxylic acids is 1. The summed E-state index contributed by atoms with van der Waals surface area (Å²) in [4.78, 5) is 13.3. The molecule has 2 rings (SSSR count). The summed E-state index contributed by atoms with van der Waals surface area (Å²) < 4.78 is 5.00. The molecule has 1 aromatic heterocycles. The molecule has 0 saturated carbocycles. The fourth-order valence-corrected chi connectivity index (χ4v) is 2.84. The van der Waals surface area contributed by atoms with Gasteiger partial charge in [0.15, 0.2) is 0 Å². The van der Waals surface area contributed by atoms with Crippen molar-refractivity contribution < 1.29 is 9.53 Å². The third-order valence-electron chi connectivity index (χ3n) is 3.28. The van der Waals surface area contributed by atoms with Crippen molar-refractivity contribution in [1.29, 1.82) is 0 Å². The predicted octanol–water partition coefficient (Wildman–Crippen LogP) is 0.873. The lowest BCUT2D eigenvalue weighted by Crippen LogP contribution is -2.45. The Hall–Kier alpha value is -1.41. The number of piperidine rings is 1. The van der Waals surface area contributed by atoms with Crippen LogP contribution in [0.5, 0.6) is 0 Å². The van der Waals surface area contributed by atoms with Crippen molar-refractivity contribution in [1.82, 2.24) is 20.4 Å². The molecule has 3 N–H and O–H groups in total. The molecule has 1 fully saturated rings. The van der Waals surface area contributed by atoms with Crippen LogP contribution in [-0.4, -0.2) is 53.5 Å². The van der Waals surface area contributed by atoms with Gasteiger partial charge in [-0.1, -0.05) is 11.3 Å². The van der Waals surface area contributed by atoms with E-state index in [0.717, 1.165) is 43.9 Å². The van der Waals surface area contributed by atoms with Crippen molar-refractivity contribution in [3.8, 4) is 0 Å². The Kier molecular flexibility index (Phi) is 5.54. The van der Waals surface area contributed by atoms with Gasteiger partial charge in [0, 0.05) is 32.1 Å². The van der Waals surface area contributed by atoms with Gasteiger partial charge >= 0.3 is 6.09 Å². The summed E-state index contributed by atoms with van der Waals surface area (Å²) in [5, 5.41) is 12.7. The van der Waals surface area contributed by atoms with Crippen LogP contribution in [0.1, 0.15) is 24.8 Å². The largest absolute Gasteiger partial charge is 0.450 e. The molecule has 0 aromatic carbocycles. The summed E-state index contributed by atoms with van der Waals surface area (Å²) in [6.07, 6.45) is 2.55. The standard InChI is InChI=1S/C12H21N5O2S/c1-2-19-12(18)17-7-4-9(5-8-17)14-6-3-10-15-16-11(13)20-10/h9,14H,2-8H2,1H3,(H2,13,16). The molecule has 1 aromatic rings. The van der Waals surface area contributed by atoms with Gasteiger partial charge in [-0.15, -0.1) is 10.2 Å². The third kappa shape index (κ3) is 4.31. The minimum Gasteiger partial charge on any atom is -0.450 e. The number of nitrogens with two attached hydrogens (primary N) is 1. The molecule has 112 valence electrons. The lowest BCUT2D eigenvalue weighted by Gasteiger charge is -2.31. The summed E-state index contributed by atoms with van der Waals surface area (Å²) in [6.45, 7) is 4.62. The topological polar surface area (TPSA) is 93.4 Å². The molecule has 7 nitrogen and oxygen atoms in total. The van der Waals surface area contributed by atoms with E-state index < -0.39 is 0 Å². The van der Waals surface area contributed by atoms with E-state index in [1.54, 1.807) is 4.90 Å². The molecule has 1 aliphatic rings. The Morgan fingerprint density at radius 2 is 2.25 bits per heavy atom.